The van der Waals surface area contributed by atoms with Gasteiger partial charge >= 0.3 is 0 Å². The number of aryl methyl sites for hydroxylation is 1. The van der Waals surface area contributed by atoms with Crippen molar-refractivity contribution in [2.24, 2.45) is 0 Å². The second-order valence-electron chi connectivity index (χ2n) is 6.25. The number of hydrogen-bond donors (Lipinski definition) is 1. The van der Waals surface area contributed by atoms with Crippen molar-refractivity contribution in [3.05, 3.63) is 29.8 Å². The molecule has 1 aromatic rings. The number of nitrogens with one attached hydrogen (secondary N) is 1. The Morgan fingerprint density at radius 3 is 2.63 bits per heavy atom. The molecule has 0 saturated carbocycles. The molecule has 0 amide bonds. The summed E-state index contributed by atoms with van der Waals surface area (Å²) in [5, 5.41) is 3.50. The van der Waals surface area contributed by atoms with Gasteiger partial charge in [0.2, 0.25) is 0 Å². The Balaban J connectivity index is 2.28. The maximum Gasteiger partial charge on any atom is 0.119 e. The summed E-state index contributed by atoms with van der Waals surface area (Å²) < 4.78 is 5.96. The van der Waals surface area contributed by atoms with Crippen LogP contribution in [0, 0.1) is 0 Å². The van der Waals surface area contributed by atoms with Crippen molar-refractivity contribution in [1.29, 1.82) is 0 Å². The van der Waals surface area contributed by atoms with Crippen molar-refractivity contribution in [1.82, 2.24) is 5.32 Å². The Bertz CT molecular complexity index is 368. The Morgan fingerprint density at radius 2 is 2.00 bits per heavy atom. The largest absolute Gasteiger partial charge is 0.491 e. The molecule has 0 radical (unpaired) electrons. The number of rotatable bonds is 7. The molecule has 0 aliphatic rings. The molecule has 1 atom stereocenters. The third-order valence-electron chi connectivity index (χ3n) is 3.09. The van der Waals surface area contributed by atoms with Crippen molar-refractivity contribution in [2.45, 2.75) is 65.5 Å². The van der Waals surface area contributed by atoms with Gasteiger partial charge in [-0.05, 0) is 71.2 Å². The number of benzene rings is 1. The molecule has 0 saturated heterocycles. The molecular weight excluding hydrogens is 234 g/mol. The highest BCUT2D eigenvalue weighted by Crippen LogP contribution is 2.16. The summed E-state index contributed by atoms with van der Waals surface area (Å²) in [5.74, 6) is 0.996. The molecule has 2 nitrogen and oxygen atoms in total. The average Bonchev–Trinajstić information content (AvgIpc) is 2.34. The molecular formula is C17H29NO. The zero-order valence-corrected chi connectivity index (χ0v) is 13.1. The van der Waals surface area contributed by atoms with E-state index in [1.165, 1.54) is 5.56 Å². The lowest BCUT2D eigenvalue weighted by Crippen LogP contribution is -2.36. The van der Waals surface area contributed by atoms with E-state index in [1.807, 2.05) is 6.07 Å². The van der Waals surface area contributed by atoms with Crippen molar-refractivity contribution in [3.8, 4) is 5.75 Å². The fourth-order valence-electron chi connectivity index (χ4n) is 1.98. The maximum atomic E-state index is 5.96. The molecule has 1 unspecified atom stereocenters. The van der Waals surface area contributed by atoms with E-state index in [9.17, 15) is 0 Å². The lowest BCUT2D eigenvalue weighted by molar-refractivity contribution is 0.205. The van der Waals surface area contributed by atoms with Crippen LogP contribution in [-0.4, -0.2) is 18.2 Å². The Hall–Kier alpha value is -1.02. The van der Waals surface area contributed by atoms with E-state index in [2.05, 4.69) is 58.1 Å². The minimum absolute atomic E-state index is 0.208. The van der Waals surface area contributed by atoms with E-state index in [1.54, 1.807) is 0 Å². The summed E-state index contributed by atoms with van der Waals surface area (Å²) in [4.78, 5) is 0. The van der Waals surface area contributed by atoms with Crippen LogP contribution in [0.2, 0.25) is 0 Å². The van der Waals surface area contributed by atoms with E-state index in [0.29, 0.717) is 0 Å². The topological polar surface area (TPSA) is 21.3 Å². The van der Waals surface area contributed by atoms with Gasteiger partial charge in [0.15, 0.2) is 0 Å². The van der Waals surface area contributed by atoms with Crippen molar-refractivity contribution < 1.29 is 4.74 Å². The standard InChI is InChI=1S/C17H29NO/c1-6-15-10-7-11-16(13-15)19-14(2)9-8-12-18-17(3,4)5/h7,10-11,13-14,18H,6,8-9,12H2,1-5H3. The molecule has 0 aliphatic carbocycles. The molecule has 19 heavy (non-hydrogen) atoms. The lowest BCUT2D eigenvalue weighted by Gasteiger charge is -2.21. The predicted molar refractivity (Wildman–Crippen MR) is 82.9 cm³/mol. The van der Waals surface area contributed by atoms with Crippen LogP contribution in [0.3, 0.4) is 0 Å². The average molecular weight is 263 g/mol. The lowest BCUT2D eigenvalue weighted by atomic mass is 10.1. The van der Waals surface area contributed by atoms with E-state index < -0.39 is 0 Å². The first-order valence-electron chi connectivity index (χ1n) is 7.41. The smallest absolute Gasteiger partial charge is 0.119 e. The molecule has 0 bridgehead atoms. The van der Waals surface area contributed by atoms with E-state index >= 15 is 0 Å². The van der Waals surface area contributed by atoms with E-state index in [0.717, 1.165) is 31.6 Å². The molecule has 2 heteroatoms. The molecule has 0 heterocycles. The molecule has 0 aromatic heterocycles. The Kier molecular flexibility index (Phi) is 6.36. The van der Waals surface area contributed by atoms with Gasteiger partial charge in [0.05, 0.1) is 6.10 Å². The SMILES string of the molecule is CCc1cccc(OC(C)CCCNC(C)(C)C)c1. The summed E-state index contributed by atoms with van der Waals surface area (Å²) in [6.07, 6.45) is 3.56. The van der Waals surface area contributed by atoms with Gasteiger partial charge in [-0.1, -0.05) is 19.1 Å². The molecule has 0 fully saturated rings. The zero-order valence-electron chi connectivity index (χ0n) is 13.1. The number of hydrogen-bond acceptors (Lipinski definition) is 2. The first kappa shape index (κ1) is 16.0. The molecule has 108 valence electrons. The number of ether oxygens (including phenoxy) is 1. The Labute approximate surface area is 118 Å². The molecule has 1 N–H and O–H groups in total. The molecule has 1 aromatic carbocycles. The molecule has 1 rings (SSSR count). The van der Waals surface area contributed by atoms with Gasteiger partial charge in [-0.15, -0.1) is 0 Å². The van der Waals surface area contributed by atoms with Crippen LogP contribution in [0.4, 0.5) is 0 Å². The van der Waals surface area contributed by atoms with Crippen molar-refractivity contribution in [2.75, 3.05) is 6.54 Å². The zero-order chi connectivity index (χ0) is 14.3. The van der Waals surface area contributed by atoms with Gasteiger partial charge in [-0.2, -0.15) is 0 Å². The van der Waals surface area contributed by atoms with Gasteiger partial charge in [-0.3, -0.25) is 0 Å². The first-order valence-corrected chi connectivity index (χ1v) is 7.41. The predicted octanol–water partition coefficient (Wildman–Crippen LogP) is 4.18. The van der Waals surface area contributed by atoms with Crippen LogP contribution < -0.4 is 10.1 Å². The van der Waals surface area contributed by atoms with Crippen LogP contribution in [0.15, 0.2) is 24.3 Å². The van der Waals surface area contributed by atoms with Crippen LogP contribution in [0.5, 0.6) is 5.75 Å². The quantitative estimate of drug-likeness (QED) is 0.745. The summed E-state index contributed by atoms with van der Waals surface area (Å²) in [7, 11) is 0. The van der Waals surface area contributed by atoms with Crippen LogP contribution in [-0.2, 0) is 6.42 Å². The second kappa shape index (κ2) is 7.54. The summed E-state index contributed by atoms with van der Waals surface area (Å²) in [6.45, 7) is 12.0. The highest BCUT2D eigenvalue weighted by atomic mass is 16.5. The fraction of sp³-hybridized carbons (Fsp3) is 0.647. The van der Waals surface area contributed by atoms with Crippen LogP contribution >= 0.6 is 0 Å². The summed E-state index contributed by atoms with van der Waals surface area (Å²) >= 11 is 0. The van der Waals surface area contributed by atoms with Crippen LogP contribution in [0.1, 0.15) is 53.0 Å². The highest BCUT2D eigenvalue weighted by molar-refractivity contribution is 5.28. The Morgan fingerprint density at radius 1 is 1.26 bits per heavy atom. The third kappa shape index (κ3) is 7.22. The van der Waals surface area contributed by atoms with Gasteiger partial charge < -0.3 is 10.1 Å². The van der Waals surface area contributed by atoms with Crippen LogP contribution in [0.25, 0.3) is 0 Å². The summed E-state index contributed by atoms with van der Waals surface area (Å²) in [6, 6.07) is 8.40. The van der Waals surface area contributed by atoms with Crippen molar-refractivity contribution in [3.63, 3.8) is 0 Å². The maximum absolute atomic E-state index is 5.96. The molecule has 0 spiro atoms. The van der Waals surface area contributed by atoms with E-state index in [4.69, 9.17) is 4.74 Å². The normalized spacial score (nSPS) is 13.3. The minimum atomic E-state index is 0.208. The fourth-order valence-corrected chi connectivity index (χ4v) is 1.98. The highest BCUT2D eigenvalue weighted by Gasteiger charge is 2.09. The molecule has 0 aliphatic heterocycles. The van der Waals surface area contributed by atoms with Gasteiger partial charge in [0.1, 0.15) is 5.75 Å². The first-order chi connectivity index (χ1) is 8.90. The summed E-state index contributed by atoms with van der Waals surface area (Å²) in [5.41, 5.74) is 1.54. The third-order valence-corrected chi connectivity index (χ3v) is 3.09. The van der Waals surface area contributed by atoms with E-state index in [-0.39, 0.29) is 11.6 Å². The van der Waals surface area contributed by atoms with Gasteiger partial charge in [0.25, 0.3) is 0 Å². The van der Waals surface area contributed by atoms with Gasteiger partial charge in [0, 0.05) is 5.54 Å². The second-order valence-corrected chi connectivity index (χ2v) is 6.25. The van der Waals surface area contributed by atoms with Gasteiger partial charge in [-0.25, -0.2) is 0 Å². The minimum Gasteiger partial charge on any atom is -0.491 e. The monoisotopic (exact) mass is 263 g/mol. The van der Waals surface area contributed by atoms with Crippen molar-refractivity contribution >= 4 is 0 Å².